The van der Waals surface area contributed by atoms with Crippen molar-refractivity contribution in [2.45, 2.75) is 64.8 Å². The van der Waals surface area contributed by atoms with Crippen molar-refractivity contribution in [3.8, 4) is 6.07 Å². The number of hydrogen-bond acceptors (Lipinski definition) is 5. The number of alkyl halides is 3. The normalized spacial score (nSPS) is 28.9. The number of carbonyl (C=O) groups excluding carboxylic acids is 4. The van der Waals surface area contributed by atoms with Gasteiger partial charge in [-0.05, 0) is 42.4 Å². The number of nitrogens with one attached hydrogen (secondary N) is 3. The minimum absolute atomic E-state index is 0.0955. The van der Waals surface area contributed by atoms with E-state index in [4.69, 9.17) is 0 Å². The van der Waals surface area contributed by atoms with Crippen LogP contribution in [0.4, 0.5) is 13.2 Å². The average molecular weight is 499 g/mol. The summed E-state index contributed by atoms with van der Waals surface area (Å²) in [6.07, 6.45) is -4.53. The van der Waals surface area contributed by atoms with Crippen molar-refractivity contribution in [2.24, 2.45) is 28.6 Å². The third kappa shape index (κ3) is 5.23. The number of nitrogens with zero attached hydrogens (tertiary/aromatic N) is 2. The molecule has 7 atom stereocenters. The number of likely N-dealkylation sites (tertiary alicyclic amines) is 1. The fraction of sp³-hybridized carbons (Fsp3) is 0.739. The van der Waals surface area contributed by atoms with E-state index >= 15 is 0 Å². The van der Waals surface area contributed by atoms with Gasteiger partial charge < -0.3 is 20.9 Å². The van der Waals surface area contributed by atoms with Crippen LogP contribution in [0.2, 0.25) is 0 Å². The van der Waals surface area contributed by atoms with Crippen LogP contribution in [0.3, 0.4) is 0 Å². The Bertz CT molecular complexity index is 952. The molecule has 3 aliphatic rings. The highest BCUT2D eigenvalue weighted by Gasteiger charge is 2.70. The molecule has 0 bridgehead atoms. The molecule has 1 unspecified atom stereocenters. The highest BCUT2D eigenvalue weighted by Crippen LogP contribution is 2.64. The van der Waals surface area contributed by atoms with E-state index in [-0.39, 0.29) is 30.7 Å². The maximum absolute atomic E-state index is 13.4. The zero-order chi connectivity index (χ0) is 26.5. The lowest BCUT2D eigenvalue weighted by Gasteiger charge is -2.37. The number of piperidine rings is 1. The minimum Gasteiger partial charge on any atom is -0.356 e. The number of nitriles is 1. The summed E-state index contributed by atoms with van der Waals surface area (Å²) in [5.41, 5.74) is -1.59. The van der Waals surface area contributed by atoms with Crippen molar-refractivity contribution in [2.75, 3.05) is 13.1 Å². The highest BCUT2D eigenvalue weighted by molar-refractivity contribution is 5.95. The summed E-state index contributed by atoms with van der Waals surface area (Å²) < 4.78 is 38.8. The molecule has 2 heterocycles. The number of fused-ring (bicyclic) bond motifs is 1. The van der Waals surface area contributed by atoms with Crippen LogP contribution in [-0.4, -0.2) is 65.9 Å². The minimum atomic E-state index is -5.17. The number of carbonyl (C=O) groups is 4. The standard InChI is InChI=1S/C23H31F3N5O4/c1-21(2,3)16(30-20(35)23(24,25)26)19(34)31-10-13-14(22(13,4)5)15(31)18(33)29-12(9-27)8-11-6-7-28-17(11)32/h11-16H,4,6-8,10H2,1-3,5H3,(H,28,32)(H,29,33)(H,30,35)/t11-,12-,13-,14-,15-,16+,22?/m0/s1. The molecule has 4 amide bonds. The summed E-state index contributed by atoms with van der Waals surface area (Å²) in [5, 5.41) is 16.6. The van der Waals surface area contributed by atoms with Gasteiger partial charge in [-0.2, -0.15) is 18.4 Å². The van der Waals surface area contributed by atoms with Crippen molar-refractivity contribution in [3.63, 3.8) is 0 Å². The number of halogens is 3. The van der Waals surface area contributed by atoms with E-state index in [1.165, 1.54) is 25.7 Å². The fourth-order valence-electron chi connectivity index (χ4n) is 5.24. The maximum Gasteiger partial charge on any atom is 0.471 e. The third-order valence-electron chi connectivity index (χ3n) is 7.36. The van der Waals surface area contributed by atoms with Crippen LogP contribution in [0.1, 0.15) is 40.5 Å². The summed E-state index contributed by atoms with van der Waals surface area (Å²) in [7, 11) is 0. The first-order valence-corrected chi connectivity index (χ1v) is 11.5. The predicted octanol–water partition coefficient (Wildman–Crippen LogP) is 0.911. The highest BCUT2D eigenvalue weighted by atomic mass is 19.4. The second kappa shape index (κ2) is 8.99. The molecule has 3 fully saturated rings. The van der Waals surface area contributed by atoms with Gasteiger partial charge in [-0.25, -0.2) is 0 Å². The summed E-state index contributed by atoms with van der Waals surface area (Å²) in [6, 6.07) is -1.60. The van der Waals surface area contributed by atoms with Crippen molar-refractivity contribution in [1.29, 1.82) is 5.26 Å². The first kappa shape index (κ1) is 26.8. The Balaban J connectivity index is 1.81. The molecule has 3 N–H and O–H groups in total. The first-order chi connectivity index (χ1) is 16.0. The lowest BCUT2D eigenvalue weighted by Crippen LogP contribution is -2.61. The van der Waals surface area contributed by atoms with Gasteiger partial charge in [0.2, 0.25) is 17.7 Å². The zero-order valence-corrected chi connectivity index (χ0v) is 20.2. The number of hydrogen-bond donors (Lipinski definition) is 3. The molecule has 3 rings (SSSR count). The van der Waals surface area contributed by atoms with E-state index in [0.717, 1.165) is 0 Å². The summed E-state index contributed by atoms with van der Waals surface area (Å²) in [6.45, 7) is 11.1. The average Bonchev–Trinajstić information content (AvgIpc) is 3.10. The predicted molar refractivity (Wildman–Crippen MR) is 117 cm³/mol. The Morgan fingerprint density at radius 3 is 2.40 bits per heavy atom. The Morgan fingerprint density at radius 2 is 1.91 bits per heavy atom. The van der Waals surface area contributed by atoms with Gasteiger partial charge in [-0.15, -0.1) is 0 Å². The van der Waals surface area contributed by atoms with Crippen molar-refractivity contribution in [3.05, 3.63) is 6.92 Å². The molecule has 0 aromatic rings. The molecular formula is C23H31F3N5O4. The van der Waals surface area contributed by atoms with Gasteiger partial charge in [0.25, 0.3) is 0 Å². The second-order valence-electron chi connectivity index (χ2n) is 11.0. The molecule has 1 aliphatic carbocycles. The molecule has 193 valence electrons. The molecule has 35 heavy (non-hydrogen) atoms. The van der Waals surface area contributed by atoms with Crippen LogP contribution in [0.5, 0.6) is 0 Å². The van der Waals surface area contributed by atoms with Gasteiger partial charge in [-0.3, -0.25) is 19.2 Å². The van der Waals surface area contributed by atoms with E-state index in [0.29, 0.717) is 13.0 Å². The van der Waals surface area contributed by atoms with E-state index in [2.05, 4.69) is 17.6 Å². The van der Waals surface area contributed by atoms with Crippen LogP contribution < -0.4 is 16.0 Å². The van der Waals surface area contributed by atoms with E-state index < -0.39 is 58.8 Å². The van der Waals surface area contributed by atoms with Crippen LogP contribution in [0, 0.1) is 46.8 Å². The summed E-state index contributed by atoms with van der Waals surface area (Å²) in [5.74, 6) is -4.78. The van der Waals surface area contributed by atoms with Crippen molar-refractivity contribution in [1.82, 2.24) is 20.9 Å². The van der Waals surface area contributed by atoms with Crippen molar-refractivity contribution < 1.29 is 32.3 Å². The van der Waals surface area contributed by atoms with E-state index in [9.17, 15) is 37.6 Å². The lowest BCUT2D eigenvalue weighted by atomic mass is 9.85. The fourth-order valence-corrected chi connectivity index (χ4v) is 5.24. The zero-order valence-electron chi connectivity index (χ0n) is 20.2. The molecule has 2 aliphatic heterocycles. The Morgan fingerprint density at radius 1 is 1.29 bits per heavy atom. The molecule has 9 nitrogen and oxygen atoms in total. The molecule has 0 aromatic carbocycles. The SMILES string of the molecule is [CH2]C1(C)[C@@H]2[C@@H](C(=O)N[C@H](C#N)C[C@@H]3CCNC3=O)N(C(=O)[C@@H](NC(=O)C(F)(F)F)C(C)(C)C)C[C@@H]21. The molecule has 1 radical (unpaired) electrons. The Kier molecular flexibility index (Phi) is 6.87. The lowest BCUT2D eigenvalue weighted by molar-refractivity contribution is -0.176. The van der Waals surface area contributed by atoms with Crippen LogP contribution >= 0.6 is 0 Å². The topological polar surface area (TPSA) is 131 Å². The molecule has 12 heteroatoms. The Labute approximate surface area is 202 Å². The first-order valence-electron chi connectivity index (χ1n) is 11.5. The molecular weight excluding hydrogens is 467 g/mol. The van der Waals surface area contributed by atoms with Crippen LogP contribution in [0.25, 0.3) is 0 Å². The van der Waals surface area contributed by atoms with Gasteiger partial charge in [0.05, 0.1) is 6.07 Å². The molecule has 0 spiro atoms. The van der Waals surface area contributed by atoms with Gasteiger partial charge >= 0.3 is 12.1 Å². The molecule has 1 saturated carbocycles. The van der Waals surface area contributed by atoms with Gasteiger partial charge in [0, 0.05) is 19.0 Å². The van der Waals surface area contributed by atoms with Crippen LogP contribution in [-0.2, 0) is 19.2 Å². The second-order valence-corrected chi connectivity index (χ2v) is 11.0. The van der Waals surface area contributed by atoms with Gasteiger partial charge in [0.15, 0.2) is 0 Å². The Hall–Kier alpha value is -2.84. The van der Waals surface area contributed by atoms with E-state index in [1.807, 2.05) is 13.0 Å². The molecule has 2 saturated heterocycles. The van der Waals surface area contributed by atoms with Crippen molar-refractivity contribution >= 4 is 23.6 Å². The quantitative estimate of drug-likeness (QED) is 0.501. The number of rotatable bonds is 6. The van der Waals surface area contributed by atoms with Gasteiger partial charge in [-0.1, -0.05) is 27.7 Å². The number of amides is 4. The smallest absolute Gasteiger partial charge is 0.356 e. The largest absolute Gasteiger partial charge is 0.471 e. The summed E-state index contributed by atoms with van der Waals surface area (Å²) in [4.78, 5) is 51.5. The molecule has 0 aromatic heterocycles. The van der Waals surface area contributed by atoms with Gasteiger partial charge in [0.1, 0.15) is 18.1 Å². The monoisotopic (exact) mass is 498 g/mol. The summed E-state index contributed by atoms with van der Waals surface area (Å²) >= 11 is 0. The third-order valence-corrected chi connectivity index (χ3v) is 7.36. The van der Waals surface area contributed by atoms with E-state index in [1.54, 1.807) is 5.32 Å². The van der Waals surface area contributed by atoms with Crippen LogP contribution in [0.15, 0.2) is 0 Å². The maximum atomic E-state index is 13.4.